The molecule has 100 valence electrons. The van der Waals surface area contributed by atoms with Gasteiger partial charge in [0.05, 0.1) is 5.88 Å². The van der Waals surface area contributed by atoms with E-state index in [0.717, 1.165) is 10.4 Å². The molecule has 0 radical (unpaired) electrons. The average Bonchev–Trinajstić information content (AvgIpc) is 2.92. The summed E-state index contributed by atoms with van der Waals surface area (Å²) in [6.07, 6.45) is 1.98. The maximum atomic E-state index is 11.9. The summed E-state index contributed by atoms with van der Waals surface area (Å²) in [4.78, 5) is 16.3. The number of para-hydroxylation sites is 1. The number of aromatic amines is 1. The molecule has 4 heteroatoms. The Morgan fingerprint density at radius 2 is 1.80 bits per heavy atom. The van der Waals surface area contributed by atoms with Crippen molar-refractivity contribution in [3.05, 3.63) is 66.4 Å². The molecule has 2 N–H and O–H groups in total. The fourth-order valence-corrected chi connectivity index (χ4v) is 2.87. The summed E-state index contributed by atoms with van der Waals surface area (Å²) in [5, 5.41) is 4.10. The number of nitrogens with one attached hydrogen (secondary N) is 2. The first-order valence-electron chi connectivity index (χ1n) is 6.37. The molecule has 2 aromatic carbocycles. The van der Waals surface area contributed by atoms with Gasteiger partial charge in [-0.15, -0.1) is 11.8 Å². The van der Waals surface area contributed by atoms with E-state index in [9.17, 15) is 4.79 Å². The van der Waals surface area contributed by atoms with Gasteiger partial charge in [-0.25, -0.2) is 0 Å². The third-order valence-electron chi connectivity index (χ3n) is 3.05. The van der Waals surface area contributed by atoms with Crippen LogP contribution in [0.1, 0.15) is 10.4 Å². The van der Waals surface area contributed by atoms with E-state index < -0.39 is 0 Å². The number of carbonyl (C=O) groups excluding carboxylic acids is 1. The Kier molecular flexibility index (Phi) is 3.74. The molecule has 0 spiro atoms. The molecule has 20 heavy (non-hydrogen) atoms. The van der Waals surface area contributed by atoms with E-state index in [1.54, 1.807) is 11.8 Å². The van der Waals surface area contributed by atoms with Crippen molar-refractivity contribution in [2.24, 2.45) is 0 Å². The Labute approximate surface area is 121 Å². The van der Waals surface area contributed by atoms with Crippen LogP contribution in [0.2, 0.25) is 0 Å². The lowest BCUT2D eigenvalue weighted by atomic mass is 10.2. The topological polar surface area (TPSA) is 44.9 Å². The van der Waals surface area contributed by atoms with Crippen LogP contribution in [0.5, 0.6) is 0 Å². The number of thioether (sulfide) groups is 1. The molecular weight excluding hydrogens is 268 g/mol. The third kappa shape index (κ3) is 2.70. The van der Waals surface area contributed by atoms with Gasteiger partial charge in [0, 0.05) is 27.6 Å². The molecule has 0 unspecified atom stereocenters. The van der Waals surface area contributed by atoms with E-state index in [-0.39, 0.29) is 5.91 Å². The summed E-state index contributed by atoms with van der Waals surface area (Å²) in [5.41, 5.74) is 1.80. The highest BCUT2D eigenvalue weighted by Gasteiger charge is 2.06. The van der Waals surface area contributed by atoms with Gasteiger partial charge in [-0.1, -0.05) is 36.4 Å². The first-order chi connectivity index (χ1) is 9.84. The maximum Gasteiger partial charge on any atom is 0.251 e. The molecule has 3 rings (SSSR count). The fraction of sp³-hybridized carbons (Fsp3) is 0.0625. The SMILES string of the molecule is O=C(NCSc1c[nH]c2ccccc12)c1ccccc1. The first-order valence-corrected chi connectivity index (χ1v) is 7.35. The smallest absolute Gasteiger partial charge is 0.251 e. The second kappa shape index (κ2) is 5.84. The van der Waals surface area contributed by atoms with Crippen LogP contribution < -0.4 is 5.32 Å². The molecule has 0 aliphatic carbocycles. The number of aromatic nitrogens is 1. The molecule has 3 nitrogen and oxygen atoms in total. The van der Waals surface area contributed by atoms with Gasteiger partial charge in [-0.2, -0.15) is 0 Å². The number of H-pyrrole nitrogens is 1. The number of hydrogen-bond acceptors (Lipinski definition) is 2. The predicted molar refractivity (Wildman–Crippen MR) is 82.9 cm³/mol. The van der Waals surface area contributed by atoms with Crippen molar-refractivity contribution in [3.8, 4) is 0 Å². The van der Waals surface area contributed by atoms with Gasteiger partial charge in [0.2, 0.25) is 0 Å². The second-order valence-electron chi connectivity index (χ2n) is 4.36. The van der Waals surface area contributed by atoms with Crippen LogP contribution >= 0.6 is 11.8 Å². The van der Waals surface area contributed by atoms with E-state index in [2.05, 4.69) is 16.4 Å². The number of fused-ring (bicyclic) bond motifs is 1. The summed E-state index contributed by atoms with van der Waals surface area (Å²) >= 11 is 1.62. The molecule has 0 saturated heterocycles. The molecule has 0 saturated carbocycles. The zero-order valence-electron chi connectivity index (χ0n) is 10.8. The van der Waals surface area contributed by atoms with Crippen molar-refractivity contribution in [2.75, 3.05) is 5.88 Å². The number of carbonyl (C=O) groups is 1. The standard InChI is InChI=1S/C16H14N2OS/c19-16(12-6-2-1-3-7-12)18-11-20-15-10-17-14-9-5-4-8-13(14)15/h1-10,17H,11H2,(H,18,19). The number of benzene rings is 2. The first kappa shape index (κ1) is 12.8. The van der Waals surface area contributed by atoms with Crippen molar-refractivity contribution >= 4 is 28.6 Å². The van der Waals surface area contributed by atoms with Crippen LogP contribution in [0.4, 0.5) is 0 Å². The normalized spacial score (nSPS) is 10.6. The molecule has 1 amide bonds. The molecule has 0 bridgehead atoms. The highest BCUT2D eigenvalue weighted by Crippen LogP contribution is 2.26. The molecule has 0 aliphatic heterocycles. The summed E-state index contributed by atoms with van der Waals surface area (Å²) in [5.74, 6) is 0.508. The summed E-state index contributed by atoms with van der Waals surface area (Å²) in [7, 11) is 0. The van der Waals surface area contributed by atoms with E-state index in [1.807, 2.05) is 54.7 Å². The second-order valence-corrected chi connectivity index (χ2v) is 5.38. The molecule has 3 aromatic rings. The molecule has 1 heterocycles. The van der Waals surface area contributed by atoms with Gasteiger partial charge in [0.15, 0.2) is 0 Å². The Hall–Kier alpha value is -2.20. The monoisotopic (exact) mass is 282 g/mol. The van der Waals surface area contributed by atoms with Crippen LogP contribution in [-0.2, 0) is 0 Å². The maximum absolute atomic E-state index is 11.9. The predicted octanol–water partition coefficient (Wildman–Crippen LogP) is 3.65. The molecule has 0 aliphatic rings. The minimum absolute atomic E-state index is 0.0436. The molecule has 0 fully saturated rings. The Bertz CT molecular complexity index is 721. The van der Waals surface area contributed by atoms with Gasteiger partial charge in [-0.3, -0.25) is 4.79 Å². The lowest BCUT2D eigenvalue weighted by Gasteiger charge is -2.04. The van der Waals surface area contributed by atoms with E-state index >= 15 is 0 Å². The summed E-state index contributed by atoms with van der Waals surface area (Å²) < 4.78 is 0. The van der Waals surface area contributed by atoms with Crippen LogP contribution in [0.25, 0.3) is 10.9 Å². The molecule has 0 atom stereocenters. The van der Waals surface area contributed by atoms with Gasteiger partial charge in [0.1, 0.15) is 0 Å². The van der Waals surface area contributed by atoms with Crippen molar-refractivity contribution in [1.29, 1.82) is 0 Å². The third-order valence-corrected chi connectivity index (χ3v) is 3.99. The van der Waals surface area contributed by atoms with E-state index in [0.29, 0.717) is 11.4 Å². The van der Waals surface area contributed by atoms with Crippen molar-refractivity contribution in [3.63, 3.8) is 0 Å². The largest absolute Gasteiger partial charge is 0.360 e. The van der Waals surface area contributed by atoms with Gasteiger partial charge in [0.25, 0.3) is 5.91 Å². The molecular formula is C16H14N2OS. The highest BCUT2D eigenvalue weighted by molar-refractivity contribution is 7.99. The average molecular weight is 282 g/mol. The minimum atomic E-state index is -0.0436. The van der Waals surface area contributed by atoms with Crippen LogP contribution in [0, 0.1) is 0 Å². The van der Waals surface area contributed by atoms with E-state index in [4.69, 9.17) is 0 Å². The van der Waals surface area contributed by atoms with Crippen molar-refractivity contribution < 1.29 is 4.79 Å². The Morgan fingerprint density at radius 1 is 1.05 bits per heavy atom. The summed E-state index contributed by atoms with van der Waals surface area (Å²) in [6.45, 7) is 0. The Balaban J connectivity index is 1.62. The Morgan fingerprint density at radius 3 is 2.65 bits per heavy atom. The highest BCUT2D eigenvalue weighted by atomic mass is 32.2. The lowest BCUT2D eigenvalue weighted by Crippen LogP contribution is -2.22. The van der Waals surface area contributed by atoms with Crippen LogP contribution in [0.3, 0.4) is 0 Å². The summed E-state index contributed by atoms with van der Waals surface area (Å²) in [6, 6.07) is 17.4. The number of hydrogen-bond donors (Lipinski definition) is 2. The molecule has 1 aromatic heterocycles. The fourth-order valence-electron chi connectivity index (χ4n) is 2.04. The van der Waals surface area contributed by atoms with Crippen LogP contribution in [-0.4, -0.2) is 16.8 Å². The van der Waals surface area contributed by atoms with Gasteiger partial charge >= 0.3 is 0 Å². The van der Waals surface area contributed by atoms with Crippen molar-refractivity contribution in [2.45, 2.75) is 4.90 Å². The zero-order valence-corrected chi connectivity index (χ0v) is 11.6. The van der Waals surface area contributed by atoms with Gasteiger partial charge in [-0.05, 0) is 18.2 Å². The quantitative estimate of drug-likeness (QED) is 0.567. The van der Waals surface area contributed by atoms with E-state index in [1.165, 1.54) is 5.39 Å². The zero-order chi connectivity index (χ0) is 13.8. The lowest BCUT2D eigenvalue weighted by molar-refractivity contribution is 0.0961. The van der Waals surface area contributed by atoms with Gasteiger partial charge < -0.3 is 10.3 Å². The van der Waals surface area contributed by atoms with Crippen molar-refractivity contribution in [1.82, 2.24) is 10.3 Å². The number of amides is 1. The number of rotatable bonds is 4. The van der Waals surface area contributed by atoms with Crippen LogP contribution in [0.15, 0.2) is 65.7 Å². The minimum Gasteiger partial charge on any atom is -0.360 e.